The molecule has 0 aliphatic heterocycles. The molecule has 3 amide bonds. The van der Waals surface area contributed by atoms with Gasteiger partial charge >= 0.3 is 6.03 Å². The fourth-order valence-corrected chi connectivity index (χ4v) is 2.55. The standard InChI is InChI=1S/C12H19N3O2/c1-8(9-5-3-2-4-6-9)10(7-13)11(16)15-12(14)17/h8-10H,2-6H2,1H3,(H3,14,15,16,17)/t8-,10-/m1/s1. The average Bonchev–Trinajstić information content (AvgIpc) is 2.30. The maximum absolute atomic E-state index is 11.6. The van der Waals surface area contributed by atoms with E-state index in [1.807, 2.05) is 18.3 Å². The van der Waals surface area contributed by atoms with Crippen LogP contribution in [0.15, 0.2) is 0 Å². The molecule has 3 N–H and O–H groups in total. The van der Waals surface area contributed by atoms with Crippen molar-refractivity contribution in [1.29, 1.82) is 5.26 Å². The SMILES string of the molecule is C[C@H](C1CCCCC1)[C@@H](C#N)C(=O)NC(N)=O. The van der Waals surface area contributed by atoms with Gasteiger partial charge in [-0.25, -0.2) is 4.79 Å². The number of primary amides is 1. The number of hydrogen-bond acceptors (Lipinski definition) is 3. The van der Waals surface area contributed by atoms with Crippen LogP contribution in [0.1, 0.15) is 39.0 Å². The zero-order valence-corrected chi connectivity index (χ0v) is 10.1. The van der Waals surface area contributed by atoms with E-state index in [1.165, 1.54) is 6.42 Å². The Balaban J connectivity index is 2.62. The summed E-state index contributed by atoms with van der Waals surface area (Å²) < 4.78 is 0. The summed E-state index contributed by atoms with van der Waals surface area (Å²) in [7, 11) is 0. The number of amides is 3. The number of nitriles is 1. The molecule has 1 aliphatic rings. The lowest BCUT2D eigenvalue weighted by molar-refractivity contribution is -0.124. The minimum Gasteiger partial charge on any atom is -0.351 e. The summed E-state index contributed by atoms with van der Waals surface area (Å²) in [6.07, 6.45) is 5.66. The smallest absolute Gasteiger partial charge is 0.318 e. The van der Waals surface area contributed by atoms with Gasteiger partial charge in [0.2, 0.25) is 5.91 Å². The number of nitrogens with one attached hydrogen (secondary N) is 1. The minimum atomic E-state index is -0.897. The molecule has 0 saturated heterocycles. The van der Waals surface area contributed by atoms with Crippen LogP contribution in [-0.4, -0.2) is 11.9 Å². The summed E-state index contributed by atoms with van der Waals surface area (Å²) in [6.45, 7) is 1.91. The third kappa shape index (κ3) is 3.74. The number of nitrogens with zero attached hydrogens (tertiary/aromatic N) is 1. The molecule has 1 fully saturated rings. The van der Waals surface area contributed by atoms with Crippen molar-refractivity contribution in [2.45, 2.75) is 39.0 Å². The quantitative estimate of drug-likeness (QED) is 0.779. The van der Waals surface area contributed by atoms with E-state index in [2.05, 4.69) is 0 Å². The van der Waals surface area contributed by atoms with Gasteiger partial charge in [0, 0.05) is 0 Å². The number of nitrogens with two attached hydrogens (primary N) is 1. The average molecular weight is 237 g/mol. The number of carbonyl (C=O) groups excluding carboxylic acids is 2. The molecule has 94 valence electrons. The first-order valence-electron chi connectivity index (χ1n) is 6.06. The first kappa shape index (κ1) is 13.5. The Labute approximate surface area is 101 Å². The summed E-state index contributed by atoms with van der Waals surface area (Å²) in [4.78, 5) is 22.2. The number of urea groups is 1. The van der Waals surface area contributed by atoms with Crippen LogP contribution in [0.4, 0.5) is 4.79 Å². The van der Waals surface area contributed by atoms with Gasteiger partial charge in [0.25, 0.3) is 0 Å². The normalized spacial score (nSPS) is 20.0. The van der Waals surface area contributed by atoms with Crippen LogP contribution in [0.3, 0.4) is 0 Å². The Morgan fingerprint density at radius 3 is 2.41 bits per heavy atom. The number of imide groups is 1. The molecule has 1 rings (SSSR count). The van der Waals surface area contributed by atoms with E-state index in [0.717, 1.165) is 25.7 Å². The molecule has 5 nitrogen and oxygen atoms in total. The highest BCUT2D eigenvalue weighted by Crippen LogP contribution is 2.33. The summed E-state index contributed by atoms with van der Waals surface area (Å²) in [6, 6.07) is 1.09. The monoisotopic (exact) mass is 237 g/mol. The molecule has 0 bridgehead atoms. The Kier molecular flexibility index (Phi) is 4.95. The lowest BCUT2D eigenvalue weighted by Gasteiger charge is -2.29. The van der Waals surface area contributed by atoms with Crippen molar-refractivity contribution >= 4 is 11.9 Å². The molecular weight excluding hydrogens is 218 g/mol. The van der Waals surface area contributed by atoms with Crippen LogP contribution in [0, 0.1) is 29.1 Å². The van der Waals surface area contributed by atoms with Crippen molar-refractivity contribution in [3.63, 3.8) is 0 Å². The zero-order valence-electron chi connectivity index (χ0n) is 10.1. The van der Waals surface area contributed by atoms with E-state index in [4.69, 9.17) is 11.0 Å². The van der Waals surface area contributed by atoms with Gasteiger partial charge in [-0.1, -0.05) is 39.0 Å². The minimum absolute atomic E-state index is 0.0281. The van der Waals surface area contributed by atoms with Crippen molar-refractivity contribution in [1.82, 2.24) is 5.32 Å². The van der Waals surface area contributed by atoms with Gasteiger partial charge in [-0.05, 0) is 11.8 Å². The van der Waals surface area contributed by atoms with E-state index < -0.39 is 17.9 Å². The predicted octanol–water partition coefficient (Wildman–Crippen LogP) is 1.54. The van der Waals surface area contributed by atoms with Crippen LogP contribution in [0.2, 0.25) is 0 Å². The Morgan fingerprint density at radius 2 is 1.94 bits per heavy atom. The maximum atomic E-state index is 11.6. The van der Waals surface area contributed by atoms with Crippen LogP contribution < -0.4 is 11.1 Å². The van der Waals surface area contributed by atoms with Crippen molar-refractivity contribution in [3.8, 4) is 6.07 Å². The van der Waals surface area contributed by atoms with Gasteiger partial charge in [-0.15, -0.1) is 0 Å². The molecule has 0 aromatic carbocycles. The van der Waals surface area contributed by atoms with Gasteiger partial charge in [0.05, 0.1) is 6.07 Å². The third-order valence-corrected chi connectivity index (χ3v) is 3.59. The molecule has 0 heterocycles. The lowest BCUT2D eigenvalue weighted by Crippen LogP contribution is -2.42. The largest absolute Gasteiger partial charge is 0.351 e. The first-order chi connectivity index (χ1) is 8.06. The zero-order chi connectivity index (χ0) is 12.8. The molecule has 17 heavy (non-hydrogen) atoms. The number of carbonyl (C=O) groups is 2. The maximum Gasteiger partial charge on any atom is 0.318 e. The second-order valence-corrected chi connectivity index (χ2v) is 4.72. The van der Waals surface area contributed by atoms with Gasteiger partial charge in [-0.2, -0.15) is 5.26 Å². The molecule has 1 saturated carbocycles. The van der Waals surface area contributed by atoms with Crippen LogP contribution in [-0.2, 0) is 4.79 Å². The highest BCUT2D eigenvalue weighted by molar-refractivity contribution is 5.95. The van der Waals surface area contributed by atoms with Crippen LogP contribution >= 0.6 is 0 Å². The van der Waals surface area contributed by atoms with E-state index >= 15 is 0 Å². The van der Waals surface area contributed by atoms with E-state index in [9.17, 15) is 9.59 Å². The highest BCUT2D eigenvalue weighted by Gasteiger charge is 2.32. The van der Waals surface area contributed by atoms with Crippen molar-refractivity contribution in [2.75, 3.05) is 0 Å². The van der Waals surface area contributed by atoms with Gasteiger partial charge in [0.15, 0.2) is 0 Å². The molecule has 2 atom stereocenters. The summed E-state index contributed by atoms with van der Waals surface area (Å²) in [5, 5.41) is 11.0. The fourth-order valence-electron chi connectivity index (χ4n) is 2.55. The van der Waals surface area contributed by atoms with Crippen molar-refractivity contribution < 1.29 is 9.59 Å². The van der Waals surface area contributed by atoms with Gasteiger partial charge in [0.1, 0.15) is 5.92 Å². The molecule has 5 heteroatoms. The van der Waals surface area contributed by atoms with Crippen LogP contribution in [0.25, 0.3) is 0 Å². The molecule has 0 spiro atoms. The Morgan fingerprint density at radius 1 is 1.35 bits per heavy atom. The van der Waals surface area contributed by atoms with Crippen molar-refractivity contribution in [2.24, 2.45) is 23.5 Å². The molecule has 1 aliphatic carbocycles. The second-order valence-electron chi connectivity index (χ2n) is 4.72. The Hall–Kier alpha value is -1.57. The summed E-state index contributed by atoms with van der Waals surface area (Å²) >= 11 is 0. The predicted molar refractivity (Wildman–Crippen MR) is 62.6 cm³/mol. The van der Waals surface area contributed by atoms with Gasteiger partial charge in [-0.3, -0.25) is 10.1 Å². The second kappa shape index (κ2) is 6.24. The van der Waals surface area contributed by atoms with Crippen molar-refractivity contribution in [3.05, 3.63) is 0 Å². The molecule has 0 aromatic rings. The van der Waals surface area contributed by atoms with E-state index in [0.29, 0.717) is 5.92 Å². The fraction of sp³-hybridized carbons (Fsp3) is 0.750. The topological polar surface area (TPSA) is 96.0 Å². The summed E-state index contributed by atoms with van der Waals surface area (Å²) in [5.41, 5.74) is 4.88. The van der Waals surface area contributed by atoms with Crippen LogP contribution in [0.5, 0.6) is 0 Å². The highest BCUT2D eigenvalue weighted by atomic mass is 16.2. The molecule has 0 radical (unpaired) electrons. The summed E-state index contributed by atoms with van der Waals surface area (Å²) in [5.74, 6) is -0.990. The molecule has 0 aromatic heterocycles. The number of hydrogen-bond donors (Lipinski definition) is 2. The molecule has 0 unspecified atom stereocenters. The lowest BCUT2D eigenvalue weighted by atomic mass is 9.75. The van der Waals surface area contributed by atoms with E-state index in [-0.39, 0.29) is 5.92 Å². The number of rotatable bonds is 3. The first-order valence-corrected chi connectivity index (χ1v) is 6.06. The Bertz CT molecular complexity index is 329. The van der Waals surface area contributed by atoms with Gasteiger partial charge < -0.3 is 5.73 Å². The third-order valence-electron chi connectivity index (χ3n) is 3.59. The molecular formula is C12H19N3O2. The van der Waals surface area contributed by atoms with E-state index in [1.54, 1.807) is 0 Å².